The van der Waals surface area contributed by atoms with Gasteiger partial charge in [-0.1, -0.05) is 58.0 Å². The highest BCUT2D eigenvalue weighted by Gasteiger charge is 2.42. The molecule has 4 heterocycles. The van der Waals surface area contributed by atoms with E-state index in [1.54, 1.807) is 11.3 Å². The highest BCUT2D eigenvalue weighted by molar-refractivity contribution is 7.21. The first kappa shape index (κ1) is 21.1. The molecular formula is C30H28N2O2S. The van der Waals surface area contributed by atoms with Gasteiger partial charge in [-0.3, -0.25) is 0 Å². The van der Waals surface area contributed by atoms with E-state index in [1.807, 2.05) is 18.2 Å². The van der Waals surface area contributed by atoms with Gasteiger partial charge in [-0.25, -0.2) is 9.78 Å². The molecule has 0 spiro atoms. The summed E-state index contributed by atoms with van der Waals surface area (Å²) in [5, 5.41) is 3.99. The Morgan fingerprint density at radius 2 is 1.71 bits per heavy atom. The van der Waals surface area contributed by atoms with Crippen LogP contribution in [-0.4, -0.2) is 18.1 Å². The Labute approximate surface area is 208 Å². The predicted octanol–water partition coefficient (Wildman–Crippen LogP) is 7.39. The summed E-state index contributed by atoms with van der Waals surface area (Å²) in [6, 6.07) is 16.8. The third kappa shape index (κ3) is 2.97. The molecule has 0 amide bonds. The molecule has 0 fully saturated rings. The number of hydrogen-bond donors (Lipinski definition) is 0. The van der Waals surface area contributed by atoms with Gasteiger partial charge in [0.1, 0.15) is 10.6 Å². The van der Waals surface area contributed by atoms with E-state index in [1.165, 1.54) is 16.8 Å². The number of benzene rings is 3. The van der Waals surface area contributed by atoms with Crippen molar-refractivity contribution in [3.05, 3.63) is 70.1 Å². The van der Waals surface area contributed by atoms with Crippen LogP contribution in [-0.2, 0) is 10.8 Å². The lowest BCUT2D eigenvalue weighted by molar-refractivity contribution is 0.398. The van der Waals surface area contributed by atoms with Gasteiger partial charge < -0.3 is 9.32 Å². The highest BCUT2D eigenvalue weighted by Crippen LogP contribution is 2.51. The van der Waals surface area contributed by atoms with Crippen LogP contribution in [0.3, 0.4) is 0 Å². The van der Waals surface area contributed by atoms with E-state index in [4.69, 9.17) is 9.40 Å². The van der Waals surface area contributed by atoms with E-state index in [0.29, 0.717) is 5.56 Å². The Hall–Kier alpha value is -3.18. The maximum Gasteiger partial charge on any atom is 0.346 e. The molecule has 0 N–H and O–H groups in total. The van der Waals surface area contributed by atoms with Crippen LogP contribution in [0.2, 0.25) is 0 Å². The Balaban J connectivity index is 1.52. The second-order valence-corrected chi connectivity index (χ2v) is 12.5. The standard InChI is InChI=1S/C30H28N2O2S/c1-29(2)11-13-32-14-12-30(3,4)23-25(32)21(29)16-18-15-20(28(33)34-26(18)23)27-31-24-19-8-6-5-7-17(19)9-10-22(24)35-27/h5-10,15-16H,11-14H2,1-4H3. The predicted molar refractivity (Wildman–Crippen MR) is 146 cm³/mol. The Bertz CT molecular complexity index is 1740. The van der Waals surface area contributed by atoms with Crippen LogP contribution in [0.15, 0.2) is 57.7 Å². The molecule has 176 valence electrons. The van der Waals surface area contributed by atoms with Crippen molar-refractivity contribution in [2.24, 2.45) is 0 Å². The number of nitrogens with zero attached hydrogens (tertiary/aromatic N) is 2. The van der Waals surface area contributed by atoms with E-state index in [-0.39, 0.29) is 16.5 Å². The largest absolute Gasteiger partial charge is 0.422 e. The quantitative estimate of drug-likeness (QED) is 0.235. The normalized spacial score (nSPS) is 18.3. The van der Waals surface area contributed by atoms with Gasteiger partial charge in [0.25, 0.3) is 0 Å². The molecule has 5 aromatic rings. The van der Waals surface area contributed by atoms with Gasteiger partial charge in [0.15, 0.2) is 0 Å². The van der Waals surface area contributed by atoms with Crippen LogP contribution in [0.5, 0.6) is 0 Å². The number of aromatic nitrogens is 1. The SMILES string of the molecule is CC1(C)CCN2CCC(C)(C)c3c2c1cc1cc(-c2nc4c(ccc5ccccc54)s2)c(=O)oc31. The molecule has 0 atom stereocenters. The monoisotopic (exact) mass is 480 g/mol. The number of hydrogen-bond acceptors (Lipinski definition) is 5. The first-order chi connectivity index (χ1) is 16.7. The third-order valence-corrected chi connectivity index (χ3v) is 9.30. The highest BCUT2D eigenvalue weighted by atomic mass is 32.1. The number of anilines is 1. The van der Waals surface area contributed by atoms with Crippen LogP contribution >= 0.6 is 11.3 Å². The van der Waals surface area contributed by atoms with Gasteiger partial charge in [-0.15, -0.1) is 11.3 Å². The minimum absolute atomic E-state index is 0.0558. The zero-order chi connectivity index (χ0) is 24.1. The number of fused-ring (bicyclic) bond motifs is 5. The van der Waals surface area contributed by atoms with Crippen molar-refractivity contribution < 1.29 is 4.42 Å². The first-order valence-electron chi connectivity index (χ1n) is 12.4. The van der Waals surface area contributed by atoms with Gasteiger partial charge in [0.2, 0.25) is 0 Å². The molecule has 0 aliphatic carbocycles. The van der Waals surface area contributed by atoms with Crippen molar-refractivity contribution >= 4 is 49.0 Å². The van der Waals surface area contributed by atoms with E-state index >= 15 is 0 Å². The molecule has 0 unspecified atom stereocenters. The van der Waals surface area contributed by atoms with Gasteiger partial charge in [-0.05, 0) is 52.8 Å². The summed E-state index contributed by atoms with van der Waals surface area (Å²) in [6.07, 6.45) is 2.18. The lowest BCUT2D eigenvalue weighted by Gasteiger charge is -2.48. The van der Waals surface area contributed by atoms with Gasteiger partial charge in [-0.2, -0.15) is 0 Å². The van der Waals surface area contributed by atoms with Crippen molar-refractivity contribution in [1.82, 2.24) is 4.98 Å². The zero-order valence-corrected chi connectivity index (χ0v) is 21.4. The fourth-order valence-electron chi connectivity index (χ4n) is 6.08. The van der Waals surface area contributed by atoms with Gasteiger partial charge in [0, 0.05) is 35.1 Å². The van der Waals surface area contributed by atoms with Gasteiger partial charge >= 0.3 is 5.63 Å². The lowest BCUT2D eigenvalue weighted by atomic mass is 9.69. The average Bonchev–Trinajstić information content (AvgIpc) is 3.26. The van der Waals surface area contributed by atoms with Gasteiger partial charge in [0.05, 0.1) is 15.8 Å². The Morgan fingerprint density at radius 1 is 0.943 bits per heavy atom. The molecule has 4 nitrogen and oxygen atoms in total. The molecule has 2 aromatic heterocycles. The lowest BCUT2D eigenvalue weighted by Crippen LogP contribution is -2.44. The second-order valence-electron chi connectivity index (χ2n) is 11.4. The summed E-state index contributed by atoms with van der Waals surface area (Å²) >= 11 is 1.56. The molecule has 2 aliphatic heterocycles. The Morgan fingerprint density at radius 3 is 2.54 bits per heavy atom. The van der Waals surface area contributed by atoms with Crippen LogP contribution < -0.4 is 10.5 Å². The first-order valence-corrected chi connectivity index (χ1v) is 13.2. The van der Waals surface area contributed by atoms with Crippen LogP contribution in [0.1, 0.15) is 51.7 Å². The smallest absolute Gasteiger partial charge is 0.346 e. The van der Waals surface area contributed by atoms with Crippen molar-refractivity contribution in [1.29, 1.82) is 0 Å². The molecule has 0 bridgehead atoms. The van der Waals surface area contributed by atoms with Crippen molar-refractivity contribution in [3.63, 3.8) is 0 Å². The Kier molecular flexibility index (Phi) is 4.19. The summed E-state index contributed by atoms with van der Waals surface area (Å²) in [4.78, 5) is 20.9. The van der Waals surface area contributed by atoms with Crippen molar-refractivity contribution in [2.45, 2.75) is 51.4 Å². The third-order valence-electron chi connectivity index (χ3n) is 8.25. The maximum absolute atomic E-state index is 13.4. The number of thiazole rings is 1. The summed E-state index contributed by atoms with van der Waals surface area (Å²) < 4.78 is 7.27. The summed E-state index contributed by atoms with van der Waals surface area (Å²) in [6.45, 7) is 11.4. The fourth-order valence-corrected chi connectivity index (χ4v) is 7.06. The topological polar surface area (TPSA) is 46.3 Å². The summed E-state index contributed by atoms with van der Waals surface area (Å²) in [5.41, 5.74) is 5.82. The molecule has 0 saturated heterocycles. The van der Waals surface area contributed by atoms with Crippen molar-refractivity contribution in [3.8, 4) is 10.6 Å². The van der Waals surface area contributed by atoms with E-state index in [9.17, 15) is 4.79 Å². The molecule has 0 saturated carbocycles. The van der Waals surface area contributed by atoms with E-state index in [2.05, 4.69) is 62.9 Å². The van der Waals surface area contributed by atoms with E-state index < -0.39 is 0 Å². The summed E-state index contributed by atoms with van der Waals surface area (Å²) in [7, 11) is 0. The molecule has 7 rings (SSSR count). The van der Waals surface area contributed by atoms with E-state index in [0.717, 1.165) is 62.9 Å². The molecular weight excluding hydrogens is 452 g/mol. The zero-order valence-electron chi connectivity index (χ0n) is 20.6. The minimum atomic E-state index is -0.306. The molecule has 3 aromatic carbocycles. The fraction of sp³-hybridized carbons (Fsp3) is 0.333. The number of rotatable bonds is 1. The molecule has 5 heteroatoms. The van der Waals surface area contributed by atoms with Crippen LogP contribution in [0, 0.1) is 0 Å². The second kappa shape index (κ2) is 6.94. The molecule has 0 radical (unpaired) electrons. The van der Waals surface area contributed by atoms with Crippen molar-refractivity contribution in [2.75, 3.05) is 18.0 Å². The minimum Gasteiger partial charge on any atom is -0.422 e. The molecule has 35 heavy (non-hydrogen) atoms. The summed E-state index contributed by atoms with van der Waals surface area (Å²) in [5.74, 6) is 0. The van der Waals surface area contributed by atoms with Crippen LogP contribution in [0.25, 0.3) is 42.5 Å². The maximum atomic E-state index is 13.4. The van der Waals surface area contributed by atoms with Crippen LogP contribution in [0.4, 0.5) is 5.69 Å². The average molecular weight is 481 g/mol. The molecule has 2 aliphatic rings.